The maximum atomic E-state index is 11.8. The van der Waals surface area contributed by atoms with Crippen molar-refractivity contribution in [3.8, 4) is 0 Å². The summed E-state index contributed by atoms with van der Waals surface area (Å²) in [5.41, 5.74) is -0.303. The molecule has 0 aromatic carbocycles. The lowest BCUT2D eigenvalue weighted by atomic mass is 10.1. The number of ether oxygens (including phenoxy) is 1. The quantitative estimate of drug-likeness (QED) is 0.684. The Morgan fingerprint density at radius 1 is 1.33 bits per heavy atom. The molecule has 6 nitrogen and oxygen atoms in total. The fourth-order valence-corrected chi connectivity index (χ4v) is 1.62. The van der Waals surface area contributed by atoms with Crippen LogP contribution in [0.2, 0.25) is 0 Å². The molecule has 3 N–H and O–H groups in total. The highest BCUT2D eigenvalue weighted by Gasteiger charge is 2.22. The summed E-state index contributed by atoms with van der Waals surface area (Å²) >= 11 is 0. The Balaban J connectivity index is 2.31. The van der Waals surface area contributed by atoms with Gasteiger partial charge in [-0.15, -0.1) is 0 Å². The zero-order chi connectivity index (χ0) is 13.8. The Labute approximate surface area is 108 Å². The van der Waals surface area contributed by atoms with E-state index < -0.39 is 6.04 Å². The van der Waals surface area contributed by atoms with E-state index in [1.807, 2.05) is 20.8 Å². The molecule has 2 unspecified atom stereocenters. The number of carbonyl (C=O) groups is 2. The number of amides is 3. The molecule has 0 spiro atoms. The molecular weight excluding hydrogens is 234 g/mol. The normalized spacial score (nSPS) is 21.2. The van der Waals surface area contributed by atoms with Crippen molar-refractivity contribution in [2.45, 2.75) is 51.7 Å². The second-order valence-corrected chi connectivity index (χ2v) is 5.64. The molecule has 3 amide bonds. The first-order valence-corrected chi connectivity index (χ1v) is 6.25. The molecule has 6 heteroatoms. The second-order valence-electron chi connectivity index (χ2n) is 5.64. The van der Waals surface area contributed by atoms with Gasteiger partial charge in [0, 0.05) is 12.1 Å². The number of rotatable bonds is 3. The Hall–Kier alpha value is -1.30. The van der Waals surface area contributed by atoms with Crippen LogP contribution < -0.4 is 16.0 Å². The van der Waals surface area contributed by atoms with Crippen molar-refractivity contribution in [1.29, 1.82) is 0 Å². The minimum atomic E-state index is -0.563. The zero-order valence-electron chi connectivity index (χ0n) is 11.5. The third-order valence-corrected chi connectivity index (χ3v) is 2.50. The molecule has 104 valence electrons. The molecule has 1 saturated heterocycles. The van der Waals surface area contributed by atoms with Crippen LogP contribution in [0.25, 0.3) is 0 Å². The van der Waals surface area contributed by atoms with Crippen LogP contribution in [0.1, 0.15) is 34.1 Å². The molecule has 0 aliphatic carbocycles. The van der Waals surface area contributed by atoms with Crippen molar-refractivity contribution in [2.75, 3.05) is 13.2 Å². The molecule has 1 fully saturated rings. The van der Waals surface area contributed by atoms with Crippen LogP contribution in [-0.4, -0.2) is 42.8 Å². The summed E-state index contributed by atoms with van der Waals surface area (Å²) in [5, 5.41) is 8.20. The Bertz CT molecular complexity index is 306. The molecule has 18 heavy (non-hydrogen) atoms. The Kier molecular flexibility index (Phi) is 4.95. The van der Waals surface area contributed by atoms with E-state index in [0.717, 1.165) is 6.42 Å². The SMILES string of the molecule is CC(NC(=O)NC1CCOC1)C(=O)NC(C)(C)C. The van der Waals surface area contributed by atoms with Crippen LogP contribution in [0.15, 0.2) is 0 Å². The summed E-state index contributed by atoms with van der Waals surface area (Å²) in [5.74, 6) is -0.194. The first-order chi connectivity index (χ1) is 8.28. The van der Waals surface area contributed by atoms with Crippen molar-refractivity contribution in [1.82, 2.24) is 16.0 Å². The van der Waals surface area contributed by atoms with Crippen LogP contribution in [0.5, 0.6) is 0 Å². The van der Waals surface area contributed by atoms with E-state index in [-0.39, 0.29) is 23.5 Å². The Morgan fingerprint density at radius 2 is 2.00 bits per heavy atom. The largest absolute Gasteiger partial charge is 0.379 e. The lowest BCUT2D eigenvalue weighted by Crippen LogP contribution is -2.54. The van der Waals surface area contributed by atoms with E-state index >= 15 is 0 Å². The predicted octanol–water partition coefficient (Wildman–Crippen LogP) is 0.378. The summed E-state index contributed by atoms with van der Waals surface area (Å²) in [6.45, 7) is 8.56. The highest BCUT2D eigenvalue weighted by Crippen LogP contribution is 2.03. The first kappa shape index (κ1) is 14.8. The second kappa shape index (κ2) is 6.04. The van der Waals surface area contributed by atoms with Gasteiger partial charge in [-0.3, -0.25) is 4.79 Å². The van der Waals surface area contributed by atoms with E-state index in [1.165, 1.54) is 0 Å². The number of carbonyl (C=O) groups excluding carboxylic acids is 2. The number of hydrogen-bond donors (Lipinski definition) is 3. The highest BCUT2D eigenvalue weighted by atomic mass is 16.5. The van der Waals surface area contributed by atoms with Gasteiger partial charge in [0.15, 0.2) is 0 Å². The predicted molar refractivity (Wildman–Crippen MR) is 68.2 cm³/mol. The topological polar surface area (TPSA) is 79.5 Å². The van der Waals surface area contributed by atoms with Gasteiger partial charge >= 0.3 is 6.03 Å². The zero-order valence-corrected chi connectivity index (χ0v) is 11.5. The molecule has 2 atom stereocenters. The standard InChI is InChI=1S/C12H23N3O3/c1-8(10(16)15-12(2,3)4)13-11(17)14-9-5-6-18-7-9/h8-9H,5-7H2,1-4H3,(H,15,16)(H2,13,14,17). The molecule has 0 aromatic rings. The summed E-state index contributed by atoms with van der Waals surface area (Å²) < 4.78 is 5.15. The van der Waals surface area contributed by atoms with Crippen LogP contribution in [-0.2, 0) is 9.53 Å². The van der Waals surface area contributed by atoms with Gasteiger partial charge in [0.1, 0.15) is 6.04 Å². The van der Waals surface area contributed by atoms with E-state index in [4.69, 9.17) is 4.74 Å². The van der Waals surface area contributed by atoms with Crippen molar-refractivity contribution in [3.63, 3.8) is 0 Å². The number of nitrogens with one attached hydrogen (secondary N) is 3. The highest BCUT2D eigenvalue weighted by molar-refractivity contribution is 5.87. The molecule has 1 heterocycles. The van der Waals surface area contributed by atoms with Gasteiger partial charge in [-0.05, 0) is 34.1 Å². The van der Waals surface area contributed by atoms with Crippen molar-refractivity contribution >= 4 is 11.9 Å². The van der Waals surface area contributed by atoms with Crippen LogP contribution in [0.3, 0.4) is 0 Å². The van der Waals surface area contributed by atoms with Gasteiger partial charge < -0.3 is 20.7 Å². The van der Waals surface area contributed by atoms with Gasteiger partial charge in [0.25, 0.3) is 0 Å². The summed E-state index contributed by atoms with van der Waals surface area (Å²) in [6, 6.07) is -0.850. The fraction of sp³-hybridized carbons (Fsp3) is 0.833. The summed E-state index contributed by atoms with van der Waals surface area (Å²) in [6.07, 6.45) is 0.815. The average molecular weight is 257 g/mol. The molecular formula is C12H23N3O3. The fourth-order valence-electron chi connectivity index (χ4n) is 1.62. The monoisotopic (exact) mass is 257 g/mol. The molecule has 0 saturated carbocycles. The van der Waals surface area contributed by atoms with Gasteiger partial charge in [-0.2, -0.15) is 0 Å². The molecule has 0 aromatic heterocycles. The minimum Gasteiger partial charge on any atom is -0.379 e. The smallest absolute Gasteiger partial charge is 0.315 e. The first-order valence-electron chi connectivity index (χ1n) is 6.25. The van der Waals surface area contributed by atoms with Crippen molar-refractivity contribution in [3.05, 3.63) is 0 Å². The minimum absolute atomic E-state index is 0.0443. The Morgan fingerprint density at radius 3 is 2.50 bits per heavy atom. The lowest BCUT2D eigenvalue weighted by molar-refractivity contribution is -0.123. The maximum Gasteiger partial charge on any atom is 0.315 e. The maximum absolute atomic E-state index is 11.8. The molecule has 1 aliphatic rings. The number of hydrogen-bond acceptors (Lipinski definition) is 3. The lowest BCUT2D eigenvalue weighted by Gasteiger charge is -2.24. The van der Waals surface area contributed by atoms with E-state index in [1.54, 1.807) is 6.92 Å². The molecule has 1 rings (SSSR count). The van der Waals surface area contributed by atoms with Crippen LogP contribution in [0, 0.1) is 0 Å². The van der Waals surface area contributed by atoms with Crippen molar-refractivity contribution < 1.29 is 14.3 Å². The average Bonchev–Trinajstić information content (AvgIpc) is 2.67. The van der Waals surface area contributed by atoms with Gasteiger partial charge in [0.2, 0.25) is 5.91 Å². The van der Waals surface area contributed by atoms with E-state index in [2.05, 4.69) is 16.0 Å². The molecule has 1 aliphatic heterocycles. The van der Waals surface area contributed by atoms with Crippen LogP contribution in [0.4, 0.5) is 4.79 Å². The third kappa shape index (κ3) is 5.35. The number of urea groups is 1. The van der Waals surface area contributed by atoms with E-state index in [9.17, 15) is 9.59 Å². The van der Waals surface area contributed by atoms with Crippen molar-refractivity contribution in [2.24, 2.45) is 0 Å². The molecule has 0 radical (unpaired) electrons. The van der Waals surface area contributed by atoms with E-state index in [0.29, 0.717) is 13.2 Å². The van der Waals surface area contributed by atoms with Crippen LogP contribution >= 0.6 is 0 Å². The van der Waals surface area contributed by atoms with Gasteiger partial charge in [-0.1, -0.05) is 0 Å². The van der Waals surface area contributed by atoms with Gasteiger partial charge in [0.05, 0.1) is 12.6 Å². The molecule has 0 bridgehead atoms. The van der Waals surface area contributed by atoms with Gasteiger partial charge in [-0.25, -0.2) is 4.79 Å². The summed E-state index contributed by atoms with van der Waals surface area (Å²) in [4.78, 5) is 23.4. The third-order valence-electron chi connectivity index (χ3n) is 2.50. The summed E-state index contributed by atoms with van der Waals surface area (Å²) in [7, 11) is 0.